The Morgan fingerprint density at radius 2 is 1.88 bits per heavy atom. The van der Waals surface area contributed by atoms with Crippen LogP contribution in [0.4, 0.5) is 0 Å². The van der Waals surface area contributed by atoms with Crippen molar-refractivity contribution >= 4 is 5.97 Å². The van der Waals surface area contributed by atoms with Crippen molar-refractivity contribution in [2.45, 2.75) is 31.8 Å². The Labute approximate surface area is 95.0 Å². The average molecular weight is 220 g/mol. The molecule has 1 aliphatic carbocycles. The summed E-state index contributed by atoms with van der Waals surface area (Å²) in [6.45, 7) is 0. The largest absolute Gasteiger partial charge is 0.478 e. The zero-order chi connectivity index (χ0) is 11.4. The second-order valence-electron chi connectivity index (χ2n) is 4.23. The van der Waals surface area contributed by atoms with Gasteiger partial charge in [0.15, 0.2) is 6.10 Å². The van der Waals surface area contributed by atoms with Gasteiger partial charge in [-0.3, -0.25) is 0 Å². The van der Waals surface area contributed by atoms with Crippen LogP contribution in [-0.2, 0) is 4.79 Å². The van der Waals surface area contributed by atoms with Crippen LogP contribution in [0.2, 0.25) is 0 Å². The average Bonchev–Trinajstić information content (AvgIpc) is 2.80. The van der Waals surface area contributed by atoms with E-state index in [1.807, 2.05) is 18.2 Å². The molecule has 1 fully saturated rings. The van der Waals surface area contributed by atoms with Crippen LogP contribution in [0.3, 0.4) is 0 Å². The lowest BCUT2D eigenvalue weighted by molar-refractivity contribution is -0.147. The van der Waals surface area contributed by atoms with Gasteiger partial charge in [0.2, 0.25) is 0 Å². The van der Waals surface area contributed by atoms with Gasteiger partial charge in [-0.05, 0) is 25.0 Å². The van der Waals surface area contributed by atoms with E-state index in [0.717, 1.165) is 25.7 Å². The molecule has 1 unspecified atom stereocenters. The van der Waals surface area contributed by atoms with Crippen molar-refractivity contribution in [3.8, 4) is 5.75 Å². The smallest absolute Gasteiger partial charge is 0.345 e. The van der Waals surface area contributed by atoms with Crippen LogP contribution in [0, 0.1) is 5.92 Å². The van der Waals surface area contributed by atoms with Gasteiger partial charge in [0, 0.05) is 5.92 Å². The molecule has 1 N–H and O–H groups in total. The van der Waals surface area contributed by atoms with Gasteiger partial charge in [-0.25, -0.2) is 4.79 Å². The van der Waals surface area contributed by atoms with Crippen LogP contribution >= 0.6 is 0 Å². The fourth-order valence-corrected chi connectivity index (χ4v) is 2.25. The number of para-hydroxylation sites is 1. The lowest BCUT2D eigenvalue weighted by atomic mass is 10.0. The number of carboxylic acids is 1. The van der Waals surface area contributed by atoms with E-state index in [0.29, 0.717) is 5.75 Å². The molecule has 16 heavy (non-hydrogen) atoms. The van der Waals surface area contributed by atoms with Gasteiger partial charge in [0.25, 0.3) is 0 Å². The van der Waals surface area contributed by atoms with Gasteiger partial charge in [-0.1, -0.05) is 31.0 Å². The van der Waals surface area contributed by atoms with Crippen LogP contribution in [0.15, 0.2) is 30.3 Å². The minimum absolute atomic E-state index is 0.165. The first kappa shape index (κ1) is 11.0. The number of carbonyl (C=O) groups is 1. The van der Waals surface area contributed by atoms with Crippen molar-refractivity contribution in [3.63, 3.8) is 0 Å². The molecule has 0 saturated heterocycles. The Balaban J connectivity index is 2.05. The molecular formula is C13H16O3. The Hall–Kier alpha value is -1.51. The molecule has 86 valence electrons. The number of aliphatic carboxylic acids is 1. The summed E-state index contributed by atoms with van der Waals surface area (Å²) in [5.41, 5.74) is 0. The van der Waals surface area contributed by atoms with Crippen LogP contribution in [0.1, 0.15) is 25.7 Å². The summed E-state index contributed by atoms with van der Waals surface area (Å²) in [5, 5.41) is 9.17. The number of carboxylic acid groups (broad SMARTS) is 1. The molecule has 0 radical (unpaired) electrons. The Morgan fingerprint density at radius 3 is 2.44 bits per heavy atom. The maximum atomic E-state index is 11.2. The molecule has 0 heterocycles. The van der Waals surface area contributed by atoms with Gasteiger partial charge in [-0.15, -0.1) is 0 Å². The zero-order valence-electron chi connectivity index (χ0n) is 9.13. The highest BCUT2D eigenvalue weighted by atomic mass is 16.5. The summed E-state index contributed by atoms with van der Waals surface area (Å²) in [4.78, 5) is 11.2. The second kappa shape index (κ2) is 5.01. The molecule has 0 spiro atoms. The minimum atomic E-state index is -0.851. The second-order valence-corrected chi connectivity index (χ2v) is 4.23. The van der Waals surface area contributed by atoms with Gasteiger partial charge >= 0.3 is 5.97 Å². The van der Waals surface area contributed by atoms with Crippen molar-refractivity contribution in [1.82, 2.24) is 0 Å². The van der Waals surface area contributed by atoms with E-state index in [1.54, 1.807) is 12.1 Å². The van der Waals surface area contributed by atoms with Crippen molar-refractivity contribution in [3.05, 3.63) is 30.3 Å². The van der Waals surface area contributed by atoms with E-state index in [2.05, 4.69) is 0 Å². The predicted molar refractivity (Wildman–Crippen MR) is 60.5 cm³/mol. The molecule has 3 nitrogen and oxygen atoms in total. The summed E-state index contributed by atoms with van der Waals surface area (Å²) in [6, 6.07) is 9.18. The topological polar surface area (TPSA) is 46.5 Å². The molecule has 3 heteroatoms. The molecule has 0 amide bonds. The highest BCUT2D eigenvalue weighted by Gasteiger charge is 2.32. The van der Waals surface area contributed by atoms with Crippen molar-refractivity contribution < 1.29 is 14.6 Å². The normalized spacial score (nSPS) is 18.2. The van der Waals surface area contributed by atoms with Gasteiger partial charge in [0.1, 0.15) is 5.75 Å². The van der Waals surface area contributed by atoms with Crippen molar-refractivity contribution in [2.75, 3.05) is 0 Å². The molecule has 0 aliphatic heterocycles. The number of hydrogen-bond donors (Lipinski definition) is 1. The fraction of sp³-hybridized carbons (Fsp3) is 0.462. The maximum Gasteiger partial charge on any atom is 0.345 e. The maximum absolute atomic E-state index is 11.2. The zero-order valence-corrected chi connectivity index (χ0v) is 9.13. The fourth-order valence-electron chi connectivity index (χ4n) is 2.25. The summed E-state index contributed by atoms with van der Waals surface area (Å²) >= 11 is 0. The number of benzene rings is 1. The highest BCUT2D eigenvalue weighted by molar-refractivity contribution is 5.73. The van der Waals surface area contributed by atoms with Crippen molar-refractivity contribution in [2.24, 2.45) is 5.92 Å². The monoisotopic (exact) mass is 220 g/mol. The first-order chi connectivity index (χ1) is 7.77. The molecule has 0 bridgehead atoms. The van der Waals surface area contributed by atoms with Gasteiger partial charge < -0.3 is 9.84 Å². The number of rotatable bonds is 4. The Morgan fingerprint density at radius 1 is 1.25 bits per heavy atom. The lowest BCUT2D eigenvalue weighted by Gasteiger charge is -2.20. The Bertz CT molecular complexity index is 341. The number of ether oxygens (including phenoxy) is 1. The summed E-state index contributed by atoms with van der Waals surface area (Å²) in [7, 11) is 0. The Kier molecular flexibility index (Phi) is 3.44. The quantitative estimate of drug-likeness (QED) is 0.848. The third-order valence-corrected chi connectivity index (χ3v) is 3.08. The molecule has 1 saturated carbocycles. The third kappa shape index (κ3) is 2.54. The lowest BCUT2D eigenvalue weighted by Crippen LogP contribution is -2.33. The first-order valence-corrected chi connectivity index (χ1v) is 5.72. The molecular weight excluding hydrogens is 204 g/mol. The molecule has 1 atom stereocenters. The van der Waals surface area contributed by atoms with Gasteiger partial charge in [-0.2, -0.15) is 0 Å². The predicted octanol–water partition coefficient (Wildman–Crippen LogP) is 2.71. The third-order valence-electron chi connectivity index (χ3n) is 3.08. The molecule has 2 rings (SSSR count). The summed E-state index contributed by atoms with van der Waals surface area (Å²) < 4.78 is 5.56. The van der Waals surface area contributed by atoms with Gasteiger partial charge in [0.05, 0.1) is 0 Å². The minimum Gasteiger partial charge on any atom is -0.478 e. The number of hydrogen-bond acceptors (Lipinski definition) is 2. The van der Waals surface area contributed by atoms with Crippen LogP contribution in [0.5, 0.6) is 5.75 Å². The van der Waals surface area contributed by atoms with E-state index in [4.69, 9.17) is 9.84 Å². The summed E-state index contributed by atoms with van der Waals surface area (Å²) in [6.07, 6.45) is 3.47. The molecule has 1 aromatic carbocycles. The standard InChI is InChI=1S/C13H16O3/c14-13(15)12(10-6-4-5-7-10)16-11-8-2-1-3-9-11/h1-3,8-10,12H,4-7H2,(H,14,15). The van der Waals surface area contributed by atoms with E-state index < -0.39 is 12.1 Å². The molecule has 0 aromatic heterocycles. The van der Waals surface area contributed by atoms with Crippen LogP contribution in [0.25, 0.3) is 0 Å². The molecule has 1 aliphatic rings. The van der Waals surface area contributed by atoms with Crippen molar-refractivity contribution in [1.29, 1.82) is 0 Å². The SMILES string of the molecule is O=C(O)C(Oc1ccccc1)C1CCCC1. The first-order valence-electron chi connectivity index (χ1n) is 5.72. The summed E-state index contributed by atoms with van der Waals surface area (Å²) in [5.74, 6) is -0.0461. The van der Waals surface area contributed by atoms with Crippen LogP contribution in [-0.4, -0.2) is 17.2 Å². The van der Waals surface area contributed by atoms with E-state index >= 15 is 0 Å². The van der Waals surface area contributed by atoms with E-state index in [1.165, 1.54) is 0 Å². The van der Waals surface area contributed by atoms with E-state index in [-0.39, 0.29) is 5.92 Å². The van der Waals surface area contributed by atoms with Crippen LogP contribution < -0.4 is 4.74 Å². The molecule has 1 aromatic rings. The van der Waals surface area contributed by atoms with E-state index in [9.17, 15) is 4.79 Å². The highest BCUT2D eigenvalue weighted by Crippen LogP contribution is 2.30.